The predicted molar refractivity (Wildman–Crippen MR) is 131 cm³/mol. The van der Waals surface area contributed by atoms with Crippen LogP contribution in [-0.2, 0) is 4.79 Å². The molecule has 3 N–H and O–H groups in total. The first-order valence-corrected chi connectivity index (χ1v) is 11.0. The summed E-state index contributed by atoms with van der Waals surface area (Å²) >= 11 is 8.58. The number of benzene rings is 3. The fourth-order valence-corrected chi connectivity index (χ4v) is 3.57. The van der Waals surface area contributed by atoms with Gasteiger partial charge in [0.05, 0.1) is 10.6 Å². The van der Waals surface area contributed by atoms with Crippen LogP contribution in [0.15, 0.2) is 65.1 Å². The molecule has 0 aliphatic carbocycles. The molecule has 7 nitrogen and oxygen atoms in total. The zero-order valence-corrected chi connectivity index (χ0v) is 19.9. The highest BCUT2D eigenvalue weighted by Gasteiger charge is 2.11. The van der Waals surface area contributed by atoms with Crippen LogP contribution in [0.1, 0.15) is 24.2 Å². The summed E-state index contributed by atoms with van der Waals surface area (Å²) in [6.45, 7) is 3.56. The number of ether oxygens (including phenoxy) is 2. The fraction of sp³-hybridized carbons (Fsp3) is 0.174. The minimum Gasteiger partial charge on any atom is -0.491 e. The molecule has 2 amide bonds. The number of carbonyl (C=O) groups is 2. The first-order chi connectivity index (χ1) is 15.3. The maximum absolute atomic E-state index is 12.4. The van der Waals surface area contributed by atoms with Crippen molar-refractivity contribution in [1.29, 1.82) is 0 Å². The minimum atomic E-state index is -0.464. The molecular weight excluding hydrogens is 494 g/mol. The van der Waals surface area contributed by atoms with Gasteiger partial charge in [0.2, 0.25) is 0 Å². The van der Waals surface area contributed by atoms with Crippen molar-refractivity contribution in [2.24, 2.45) is 0 Å². The molecule has 0 radical (unpaired) electrons. The van der Waals surface area contributed by atoms with Crippen molar-refractivity contribution in [2.75, 3.05) is 6.61 Å². The van der Waals surface area contributed by atoms with E-state index >= 15 is 0 Å². The monoisotopic (exact) mass is 515 g/mol. The van der Waals surface area contributed by atoms with Crippen LogP contribution in [0.5, 0.6) is 11.5 Å². The lowest BCUT2D eigenvalue weighted by Crippen LogP contribution is -2.49. The summed E-state index contributed by atoms with van der Waals surface area (Å²) in [7, 11) is 0. The van der Waals surface area contributed by atoms with Crippen LogP contribution >= 0.6 is 28.1 Å². The molecule has 0 heterocycles. The number of carbonyl (C=O) groups excluding carboxylic acids is 2. The van der Waals surface area contributed by atoms with Gasteiger partial charge < -0.3 is 9.47 Å². The zero-order valence-electron chi connectivity index (χ0n) is 17.5. The molecular formula is C23H22BrN3O4S. The smallest absolute Gasteiger partial charge is 0.276 e. The van der Waals surface area contributed by atoms with Crippen molar-refractivity contribution < 1.29 is 19.1 Å². The van der Waals surface area contributed by atoms with E-state index in [1.165, 1.54) is 0 Å². The van der Waals surface area contributed by atoms with E-state index in [9.17, 15) is 9.59 Å². The van der Waals surface area contributed by atoms with Crippen LogP contribution in [0.3, 0.4) is 0 Å². The fourth-order valence-electron chi connectivity index (χ4n) is 2.82. The number of nitrogens with one attached hydrogen (secondary N) is 3. The Kier molecular flexibility index (Phi) is 8.02. The SMILES string of the molecule is CC(C)Oc1cccc(C(=O)NC(=S)NNC(=O)COc2ccc3ccccc3c2Br)c1. The third kappa shape index (κ3) is 6.41. The molecule has 0 bridgehead atoms. The second-order valence-corrected chi connectivity index (χ2v) is 8.24. The van der Waals surface area contributed by atoms with Crippen LogP contribution in [0.4, 0.5) is 0 Å². The standard InChI is InChI=1S/C23H22BrN3O4S/c1-14(2)31-17-8-5-7-16(12-17)22(29)25-23(32)27-26-20(28)13-30-19-11-10-15-6-3-4-9-18(15)21(19)24/h3-12,14H,13H2,1-2H3,(H,26,28)(H2,25,27,29,32). The van der Waals surface area contributed by atoms with Crippen LogP contribution in [-0.4, -0.2) is 29.6 Å². The normalized spacial score (nSPS) is 10.5. The molecule has 0 atom stereocenters. The molecule has 9 heteroatoms. The minimum absolute atomic E-state index is 0.0104. The van der Waals surface area contributed by atoms with Crippen LogP contribution in [0.2, 0.25) is 0 Å². The van der Waals surface area contributed by atoms with E-state index in [1.807, 2.05) is 44.2 Å². The molecule has 3 aromatic carbocycles. The number of hydrogen-bond donors (Lipinski definition) is 3. The summed E-state index contributed by atoms with van der Waals surface area (Å²) < 4.78 is 11.9. The van der Waals surface area contributed by atoms with Gasteiger partial charge >= 0.3 is 0 Å². The average Bonchev–Trinajstić information content (AvgIpc) is 2.77. The molecule has 0 fully saturated rings. The Hall–Kier alpha value is -3.17. The highest BCUT2D eigenvalue weighted by molar-refractivity contribution is 9.10. The van der Waals surface area contributed by atoms with Crippen LogP contribution in [0, 0.1) is 0 Å². The van der Waals surface area contributed by atoms with Gasteiger partial charge in [0.15, 0.2) is 11.7 Å². The largest absolute Gasteiger partial charge is 0.491 e. The maximum Gasteiger partial charge on any atom is 0.276 e. The second kappa shape index (κ2) is 10.9. The van der Waals surface area contributed by atoms with Gasteiger partial charge in [0.25, 0.3) is 11.8 Å². The summed E-state index contributed by atoms with van der Waals surface area (Å²) in [5, 5.41) is 4.48. The molecule has 3 rings (SSSR count). The number of rotatable bonds is 6. The summed E-state index contributed by atoms with van der Waals surface area (Å²) in [5.41, 5.74) is 5.26. The molecule has 3 aromatic rings. The Morgan fingerprint density at radius 1 is 1.03 bits per heavy atom. The Morgan fingerprint density at radius 3 is 2.59 bits per heavy atom. The highest BCUT2D eigenvalue weighted by atomic mass is 79.9. The Bertz CT molecular complexity index is 1150. The van der Waals surface area contributed by atoms with Gasteiger partial charge in [-0.3, -0.25) is 25.8 Å². The molecule has 0 aliphatic rings. The Balaban J connectivity index is 1.47. The highest BCUT2D eigenvalue weighted by Crippen LogP contribution is 2.32. The van der Waals surface area contributed by atoms with E-state index in [4.69, 9.17) is 21.7 Å². The number of fused-ring (bicyclic) bond motifs is 1. The van der Waals surface area contributed by atoms with Gasteiger partial charge in [-0.2, -0.15) is 0 Å². The molecule has 0 aliphatic heterocycles. The van der Waals surface area contributed by atoms with Crippen molar-refractivity contribution in [3.05, 3.63) is 70.7 Å². The van der Waals surface area contributed by atoms with E-state index < -0.39 is 11.8 Å². The van der Waals surface area contributed by atoms with E-state index in [0.29, 0.717) is 17.1 Å². The summed E-state index contributed by atoms with van der Waals surface area (Å²) in [5.74, 6) is 0.228. The number of halogens is 1. The topological polar surface area (TPSA) is 88.7 Å². The predicted octanol–water partition coefficient (Wildman–Crippen LogP) is 4.10. The summed E-state index contributed by atoms with van der Waals surface area (Å²) in [6, 6.07) is 18.3. The lowest BCUT2D eigenvalue weighted by atomic mass is 10.1. The van der Waals surface area contributed by atoms with E-state index in [-0.39, 0.29) is 17.8 Å². The molecule has 0 saturated carbocycles. The molecule has 0 spiro atoms. The van der Waals surface area contributed by atoms with E-state index in [1.54, 1.807) is 30.3 Å². The first kappa shape index (κ1) is 23.5. The zero-order chi connectivity index (χ0) is 23.1. The quantitative estimate of drug-likeness (QED) is 0.338. The van der Waals surface area contributed by atoms with Gasteiger partial charge in [0, 0.05) is 5.56 Å². The first-order valence-electron chi connectivity index (χ1n) is 9.80. The molecule has 32 heavy (non-hydrogen) atoms. The van der Waals surface area contributed by atoms with Crippen molar-refractivity contribution in [3.63, 3.8) is 0 Å². The molecule has 0 aromatic heterocycles. The number of hydrogen-bond acceptors (Lipinski definition) is 5. The molecule has 0 saturated heterocycles. The summed E-state index contributed by atoms with van der Waals surface area (Å²) in [6.07, 6.45) is -0.0104. The number of amides is 2. The molecule has 166 valence electrons. The van der Waals surface area contributed by atoms with Gasteiger partial charge in [-0.05, 0) is 77.0 Å². The third-order valence-corrected chi connectivity index (χ3v) is 5.22. The summed E-state index contributed by atoms with van der Waals surface area (Å²) in [4.78, 5) is 24.5. The van der Waals surface area contributed by atoms with Crippen LogP contribution in [0.25, 0.3) is 10.8 Å². The van der Waals surface area contributed by atoms with Crippen molar-refractivity contribution >= 4 is 55.8 Å². The third-order valence-electron chi connectivity index (χ3n) is 4.20. The van der Waals surface area contributed by atoms with Crippen molar-refractivity contribution in [2.45, 2.75) is 20.0 Å². The maximum atomic E-state index is 12.4. The van der Waals surface area contributed by atoms with Gasteiger partial charge in [-0.1, -0.05) is 36.4 Å². The molecule has 0 unspecified atom stereocenters. The van der Waals surface area contributed by atoms with Crippen molar-refractivity contribution in [3.8, 4) is 11.5 Å². The lowest BCUT2D eigenvalue weighted by molar-refractivity contribution is -0.123. The van der Waals surface area contributed by atoms with Crippen molar-refractivity contribution in [1.82, 2.24) is 16.2 Å². The average molecular weight is 516 g/mol. The number of hydrazine groups is 1. The van der Waals surface area contributed by atoms with Gasteiger partial charge in [-0.25, -0.2) is 0 Å². The van der Waals surface area contributed by atoms with E-state index in [0.717, 1.165) is 15.2 Å². The van der Waals surface area contributed by atoms with E-state index in [2.05, 4.69) is 32.1 Å². The Morgan fingerprint density at radius 2 is 1.81 bits per heavy atom. The second-order valence-electron chi connectivity index (χ2n) is 7.04. The van der Waals surface area contributed by atoms with Gasteiger partial charge in [-0.15, -0.1) is 0 Å². The Labute approximate surface area is 199 Å². The van der Waals surface area contributed by atoms with Crippen LogP contribution < -0.4 is 25.6 Å². The lowest BCUT2D eigenvalue weighted by Gasteiger charge is -2.13. The van der Waals surface area contributed by atoms with Gasteiger partial charge in [0.1, 0.15) is 11.5 Å². The number of thiocarbonyl (C=S) groups is 1.